The molecule has 78 valence electrons. The quantitative estimate of drug-likeness (QED) is 0.797. The summed E-state index contributed by atoms with van der Waals surface area (Å²) in [6, 6.07) is 4.53. The normalized spacial score (nSPS) is 10.3. The first-order valence-electron chi connectivity index (χ1n) is 4.52. The van der Waals surface area contributed by atoms with Gasteiger partial charge in [-0.2, -0.15) is 0 Å². The van der Waals surface area contributed by atoms with Crippen LogP contribution in [-0.4, -0.2) is 4.98 Å². The Morgan fingerprint density at radius 2 is 2.33 bits per heavy atom. The molecule has 0 amide bonds. The summed E-state index contributed by atoms with van der Waals surface area (Å²) in [4.78, 5) is 4.97. The Balaban J connectivity index is 2.07. The lowest BCUT2D eigenvalue weighted by Gasteiger charge is -2.07. The van der Waals surface area contributed by atoms with Crippen molar-refractivity contribution in [2.45, 2.75) is 13.5 Å². The first-order valence-corrected chi connectivity index (χ1v) is 5.40. The van der Waals surface area contributed by atoms with Gasteiger partial charge in [0.1, 0.15) is 18.2 Å². The molecule has 0 aliphatic rings. The van der Waals surface area contributed by atoms with Crippen LogP contribution in [-0.2, 0) is 6.61 Å². The first kappa shape index (κ1) is 10.1. The average molecular weight is 223 g/mol. The van der Waals surface area contributed by atoms with Crippen LogP contribution in [0.3, 0.4) is 0 Å². The van der Waals surface area contributed by atoms with Crippen molar-refractivity contribution >= 4 is 11.3 Å². The molecule has 0 aliphatic heterocycles. The molecule has 0 unspecified atom stereocenters. The smallest absolute Gasteiger partial charge is 0.126 e. The molecule has 0 bridgehead atoms. The Morgan fingerprint density at radius 1 is 1.47 bits per heavy atom. The minimum atomic E-state index is -0.278. The molecule has 0 N–H and O–H groups in total. The van der Waals surface area contributed by atoms with E-state index in [9.17, 15) is 4.39 Å². The van der Waals surface area contributed by atoms with Gasteiger partial charge in [-0.05, 0) is 18.6 Å². The van der Waals surface area contributed by atoms with E-state index in [-0.39, 0.29) is 5.82 Å². The molecule has 1 aromatic carbocycles. The van der Waals surface area contributed by atoms with E-state index in [2.05, 4.69) is 4.98 Å². The summed E-state index contributed by atoms with van der Waals surface area (Å²) in [7, 11) is 0. The summed E-state index contributed by atoms with van der Waals surface area (Å²) in [5, 5.41) is 0. The van der Waals surface area contributed by atoms with Gasteiger partial charge in [0, 0.05) is 12.3 Å². The molecule has 0 radical (unpaired) electrons. The average Bonchev–Trinajstić information content (AvgIpc) is 2.72. The van der Waals surface area contributed by atoms with E-state index in [1.807, 2.05) is 6.92 Å². The second kappa shape index (κ2) is 4.40. The summed E-state index contributed by atoms with van der Waals surface area (Å²) in [5.74, 6) is 0.309. The number of rotatable bonds is 3. The Morgan fingerprint density at radius 3 is 3.07 bits per heavy atom. The van der Waals surface area contributed by atoms with Gasteiger partial charge in [0.2, 0.25) is 0 Å². The number of nitrogens with zero attached hydrogens (tertiary/aromatic N) is 1. The lowest BCUT2D eigenvalue weighted by molar-refractivity contribution is 0.305. The molecule has 0 saturated carbocycles. The Hall–Kier alpha value is -1.42. The molecule has 2 rings (SSSR count). The Labute approximate surface area is 91.4 Å². The van der Waals surface area contributed by atoms with Crippen molar-refractivity contribution in [3.05, 3.63) is 46.2 Å². The fourth-order valence-electron chi connectivity index (χ4n) is 1.19. The zero-order valence-corrected chi connectivity index (χ0v) is 9.05. The third kappa shape index (κ3) is 2.53. The summed E-state index contributed by atoms with van der Waals surface area (Å²) in [6.45, 7) is 2.33. The molecule has 0 atom stereocenters. The Bertz CT molecular complexity index is 442. The van der Waals surface area contributed by atoms with Crippen molar-refractivity contribution in [2.75, 3.05) is 0 Å². The van der Waals surface area contributed by atoms with Crippen LogP contribution >= 0.6 is 11.3 Å². The number of aromatic nitrogens is 1. The SMILES string of the molecule is Cc1ccc(F)cc1OCc1cncs1. The number of halogens is 1. The van der Waals surface area contributed by atoms with Crippen molar-refractivity contribution in [3.8, 4) is 5.75 Å². The van der Waals surface area contributed by atoms with Gasteiger partial charge in [-0.3, -0.25) is 4.98 Å². The van der Waals surface area contributed by atoms with Crippen molar-refractivity contribution < 1.29 is 9.13 Å². The van der Waals surface area contributed by atoms with E-state index in [1.54, 1.807) is 17.8 Å². The van der Waals surface area contributed by atoms with Crippen molar-refractivity contribution in [2.24, 2.45) is 0 Å². The fourth-order valence-corrected chi connectivity index (χ4v) is 1.70. The standard InChI is InChI=1S/C11H10FNOS/c1-8-2-3-9(12)4-11(8)14-6-10-5-13-7-15-10/h2-5,7H,6H2,1H3. The summed E-state index contributed by atoms with van der Waals surface area (Å²) >= 11 is 1.52. The maximum Gasteiger partial charge on any atom is 0.126 e. The molecule has 4 heteroatoms. The largest absolute Gasteiger partial charge is 0.488 e. The highest BCUT2D eigenvalue weighted by molar-refractivity contribution is 7.09. The van der Waals surface area contributed by atoms with E-state index in [1.165, 1.54) is 23.5 Å². The van der Waals surface area contributed by atoms with Gasteiger partial charge in [0.15, 0.2) is 0 Å². The predicted octanol–water partition coefficient (Wildman–Crippen LogP) is 3.17. The predicted molar refractivity (Wildman–Crippen MR) is 57.6 cm³/mol. The molecule has 1 heterocycles. The van der Waals surface area contributed by atoms with E-state index in [0.717, 1.165) is 10.4 Å². The monoisotopic (exact) mass is 223 g/mol. The molecule has 0 aliphatic carbocycles. The molecule has 2 nitrogen and oxygen atoms in total. The minimum absolute atomic E-state index is 0.278. The second-order valence-electron chi connectivity index (χ2n) is 3.17. The van der Waals surface area contributed by atoms with Gasteiger partial charge in [-0.1, -0.05) is 6.07 Å². The van der Waals surface area contributed by atoms with Crippen LogP contribution in [0.25, 0.3) is 0 Å². The number of thiazole rings is 1. The topological polar surface area (TPSA) is 22.1 Å². The number of benzene rings is 1. The molecule has 0 saturated heterocycles. The van der Waals surface area contributed by atoms with E-state index >= 15 is 0 Å². The van der Waals surface area contributed by atoms with Crippen molar-refractivity contribution in [1.29, 1.82) is 0 Å². The fraction of sp³-hybridized carbons (Fsp3) is 0.182. The van der Waals surface area contributed by atoms with E-state index < -0.39 is 0 Å². The van der Waals surface area contributed by atoms with Crippen LogP contribution in [0.5, 0.6) is 5.75 Å². The summed E-state index contributed by atoms with van der Waals surface area (Å²) < 4.78 is 18.4. The van der Waals surface area contributed by atoms with Gasteiger partial charge in [-0.15, -0.1) is 11.3 Å². The lowest BCUT2D eigenvalue weighted by Crippen LogP contribution is -1.95. The maximum absolute atomic E-state index is 12.9. The van der Waals surface area contributed by atoms with Crippen LogP contribution in [0.2, 0.25) is 0 Å². The van der Waals surface area contributed by atoms with Gasteiger partial charge >= 0.3 is 0 Å². The highest BCUT2D eigenvalue weighted by Crippen LogP contribution is 2.20. The zero-order chi connectivity index (χ0) is 10.7. The Kier molecular flexibility index (Phi) is 2.97. The van der Waals surface area contributed by atoms with E-state index in [0.29, 0.717) is 12.4 Å². The van der Waals surface area contributed by atoms with Crippen LogP contribution < -0.4 is 4.74 Å². The van der Waals surface area contributed by atoms with Crippen LogP contribution in [0.4, 0.5) is 4.39 Å². The van der Waals surface area contributed by atoms with Crippen molar-refractivity contribution in [1.82, 2.24) is 4.98 Å². The lowest BCUT2D eigenvalue weighted by atomic mass is 10.2. The number of hydrogen-bond acceptors (Lipinski definition) is 3. The minimum Gasteiger partial charge on any atom is -0.488 e. The molecule has 15 heavy (non-hydrogen) atoms. The van der Waals surface area contributed by atoms with Crippen LogP contribution in [0.15, 0.2) is 29.9 Å². The molecule has 0 spiro atoms. The highest BCUT2D eigenvalue weighted by Gasteiger charge is 2.02. The highest BCUT2D eigenvalue weighted by atomic mass is 32.1. The van der Waals surface area contributed by atoms with Gasteiger partial charge in [0.25, 0.3) is 0 Å². The third-order valence-corrected chi connectivity index (χ3v) is 2.76. The maximum atomic E-state index is 12.9. The molecule has 0 fully saturated rings. The van der Waals surface area contributed by atoms with Crippen molar-refractivity contribution in [3.63, 3.8) is 0 Å². The van der Waals surface area contributed by atoms with Gasteiger partial charge < -0.3 is 4.74 Å². The number of ether oxygens (including phenoxy) is 1. The van der Waals surface area contributed by atoms with Crippen LogP contribution in [0, 0.1) is 12.7 Å². The molecular formula is C11H10FNOS. The number of aryl methyl sites for hydroxylation is 1. The van der Waals surface area contributed by atoms with E-state index in [4.69, 9.17) is 4.74 Å². The second-order valence-corrected chi connectivity index (χ2v) is 4.14. The molecular weight excluding hydrogens is 213 g/mol. The summed E-state index contributed by atoms with van der Waals surface area (Å²) in [5.41, 5.74) is 2.68. The summed E-state index contributed by atoms with van der Waals surface area (Å²) in [6.07, 6.45) is 1.75. The van der Waals surface area contributed by atoms with Gasteiger partial charge in [0.05, 0.1) is 10.4 Å². The van der Waals surface area contributed by atoms with Gasteiger partial charge in [-0.25, -0.2) is 4.39 Å². The first-order chi connectivity index (χ1) is 7.25. The molecule has 1 aromatic heterocycles. The zero-order valence-electron chi connectivity index (χ0n) is 8.24. The number of hydrogen-bond donors (Lipinski definition) is 0. The third-order valence-electron chi connectivity index (χ3n) is 2.00. The molecule has 2 aromatic rings. The van der Waals surface area contributed by atoms with Crippen LogP contribution in [0.1, 0.15) is 10.4 Å².